The number of hydrogen-bond donors (Lipinski definition) is 0. The number of nitrogens with zero attached hydrogens (tertiary/aromatic N) is 5. The molecule has 136 valence electrons. The van der Waals surface area contributed by atoms with Gasteiger partial charge in [0, 0.05) is 65.1 Å². The third-order valence-corrected chi connectivity index (χ3v) is 4.97. The monoisotopic (exact) mass is 353 g/mol. The molecular formula is C19H23N5O2. The maximum atomic E-state index is 12.0. The molecule has 0 N–H and O–H groups in total. The Hall–Kier alpha value is -2.69. The minimum Gasteiger partial charge on any atom is -0.299 e. The molecule has 2 aromatic rings. The Morgan fingerprint density at radius 1 is 0.923 bits per heavy atom. The molecule has 7 nitrogen and oxygen atoms in total. The van der Waals surface area contributed by atoms with Crippen molar-refractivity contribution in [1.82, 2.24) is 18.9 Å². The second-order valence-corrected chi connectivity index (χ2v) is 6.74. The van der Waals surface area contributed by atoms with E-state index in [2.05, 4.69) is 15.9 Å². The highest BCUT2D eigenvalue weighted by atomic mass is 16.2. The summed E-state index contributed by atoms with van der Waals surface area (Å²) in [5, 5.41) is 8.86. The van der Waals surface area contributed by atoms with E-state index in [-0.39, 0.29) is 11.2 Å². The number of benzene rings is 1. The molecule has 7 heteroatoms. The molecule has 0 unspecified atom stereocenters. The van der Waals surface area contributed by atoms with Crippen LogP contribution in [0.3, 0.4) is 0 Å². The second-order valence-electron chi connectivity index (χ2n) is 6.74. The van der Waals surface area contributed by atoms with E-state index in [0.29, 0.717) is 12.1 Å². The van der Waals surface area contributed by atoms with Gasteiger partial charge in [-0.25, -0.2) is 4.79 Å². The fourth-order valence-corrected chi connectivity index (χ4v) is 3.21. The summed E-state index contributed by atoms with van der Waals surface area (Å²) in [5.74, 6) is 0. The maximum absolute atomic E-state index is 12.0. The summed E-state index contributed by atoms with van der Waals surface area (Å²) in [6.45, 7) is 5.10. The van der Waals surface area contributed by atoms with Gasteiger partial charge in [0.2, 0.25) is 0 Å². The van der Waals surface area contributed by atoms with Crippen molar-refractivity contribution in [2.45, 2.75) is 13.1 Å². The van der Waals surface area contributed by atoms with Gasteiger partial charge in [0.25, 0.3) is 5.56 Å². The minimum atomic E-state index is -0.285. The summed E-state index contributed by atoms with van der Waals surface area (Å²) >= 11 is 0. The van der Waals surface area contributed by atoms with Crippen molar-refractivity contribution in [2.24, 2.45) is 14.1 Å². The van der Waals surface area contributed by atoms with E-state index in [1.54, 1.807) is 17.7 Å². The number of rotatable bonds is 4. The molecule has 1 aromatic heterocycles. The fourth-order valence-electron chi connectivity index (χ4n) is 3.21. The van der Waals surface area contributed by atoms with Gasteiger partial charge in [0.15, 0.2) is 0 Å². The van der Waals surface area contributed by atoms with Crippen LogP contribution in [0, 0.1) is 11.3 Å². The van der Waals surface area contributed by atoms with Crippen LogP contribution in [0.25, 0.3) is 0 Å². The predicted molar refractivity (Wildman–Crippen MR) is 98.6 cm³/mol. The van der Waals surface area contributed by atoms with Gasteiger partial charge in [-0.1, -0.05) is 12.1 Å². The van der Waals surface area contributed by atoms with Crippen LogP contribution in [0.15, 0.2) is 39.9 Å². The van der Waals surface area contributed by atoms with Crippen LogP contribution >= 0.6 is 0 Å². The molecule has 0 amide bonds. The van der Waals surface area contributed by atoms with E-state index in [0.717, 1.165) is 43.0 Å². The van der Waals surface area contributed by atoms with Crippen molar-refractivity contribution < 1.29 is 0 Å². The number of hydrogen-bond acceptors (Lipinski definition) is 5. The first kappa shape index (κ1) is 18.1. The summed E-state index contributed by atoms with van der Waals surface area (Å²) in [6.07, 6.45) is 0. The molecule has 1 saturated heterocycles. The highest BCUT2D eigenvalue weighted by molar-refractivity contribution is 5.31. The molecular weight excluding hydrogens is 330 g/mol. The van der Waals surface area contributed by atoms with E-state index in [1.165, 1.54) is 12.6 Å². The van der Waals surface area contributed by atoms with Crippen molar-refractivity contribution in [3.05, 3.63) is 68.0 Å². The van der Waals surface area contributed by atoms with Crippen molar-refractivity contribution in [3.8, 4) is 6.07 Å². The maximum Gasteiger partial charge on any atom is 0.330 e. The molecule has 0 radical (unpaired) electrons. The molecule has 0 atom stereocenters. The Morgan fingerprint density at radius 2 is 1.50 bits per heavy atom. The van der Waals surface area contributed by atoms with Crippen LogP contribution in [0.4, 0.5) is 0 Å². The number of aromatic nitrogens is 2. The van der Waals surface area contributed by atoms with Gasteiger partial charge >= 0.3 is 5.69 Å². The summed E-state index contributed by atoms with van der Waals surface area (Å²) in [4.78, 5) is 28.5. The van der Waals surface area contributed by atoms with Crippen molar-refractivity contribution >= 4 is 0 Å². The lowest BCUT2D eigenvalue weighted by Gasteiger charge is -2.34. The van der Waals surface area contributed by atoms with Gasteiger partial charge in [-0.3, -0.25) is 23.7 Å². The van der Waals surface area contributed by atoms with Crippen molar-refractivity contribution in [2.75, 3.05) is 26.2 Å². The van der Waals surface area contributed by atoms with E-state index >= 15 is 0 Å². The van der Waals surface area contributed by atoms with Crippen molar-refractivity contribution in [3.63, 3.8) is 0 Å². The molecule has 0 spiro atoms. The van der Waals surface area contributed by atoms with Gasteiger partial charge in [-0.2, -0.15) is 5.26 Å². The lowest BCUT2D eigenvalue weighted by atomic mass is 10.1. The van der Waals surface area contributed by atoms with Crippen LogP contribution in [-0.2, 0) is 27.2 Å². The SMILES string of the molecule is Cn1c(CN2CCN(Cc3ccc(C#N)cc3)CC2)cc(=O)n(C)c1=O. The Labute approximate surface area is 152 Å². The molecule has 0 bridgehead atoms. The Balaban J connectivity index is 1.58. The molecule has 26 heavy (non-hydrogen) atoms. The fraction of sp³-hybridized carbons (Fsp3) is 0.421. The van der Waals surface area contributed by atoms with E-state index in [4.69, 9.17) is 5.26 Å². The Kier molecular flexibility index (Phi) is 5.35. The van der Waals surface area contributed by atoms with Gasteiger partial charge in [-0.05, 0) is 17.7 Å². The summed E-state index contributed by atoms with van der Waals surface area (Å²) in [7, 11) is 3.20. The molecule has 1 fully saturated rings. The average Bonchev–Trinajstić information content (AvgIpc) is 2.66. The topological polar surface area (TPSA) is 74.3 Å². The van der Waals surface area contributed by atoms with Gasteiger partial charge in [0.05, 0.1) is 11.6 Å². The highest BCUT2D eigenvalue weighted by Gasteiger charge is 2.18. The zero-order chi connectivity index (χ0) is 18.7. The second kappa shape index (κ2) is 7.68. The van der Waals surface area contributed by atoms with E-state index in [9.17, 15) is 9.59 Å². The van der Waals surface area contributed by atoms with Crippen LogP contribution in [0.2, 0.25) is 0 Å². The third kappa shape index (κ3) is 3.93. The minimum absolute atomic E-state index is 0.262. The molecule has 0 saturated carbocycles. The van der Waals surface area contributed by atoms with Crippen LogP contribution < -0.4 is 11.2 Å². The lowest BCUT2D eigenvalue weighted by Crippen LogP contribution is -2.46. The van der Waals surface area contributed by atoms with Crippen LogP contribution in [-0.4, -0.2) is 45.1 Å². The largest absolute Gasteiger partial charge is 0.330 e. The Morgan fingerprint density at radius 3 is 2.08 bits per heavy atom. The Bertz CT molecular complexity index is 928. The molecule has 3 rings (SSSR count). The van der Waals surface area contributed by atoms with Gasteiger partial charge in [0.1, 0.15) is 0 Å². The normalized spacial score (nSPS) is 15.7. The van der Waals surface area contributed by atoms with Crippen LogP contribution in [0.1, 0.15) is 16.8 Å². The predicted octanol–water partition coefficient (Wildman–Crippen LogP) is 0.273. The zero-order valence-corrected chi connectivity index (χ0v) is 15.2. The average molecular weight is 353 g/mol. The molecule has 2 heterocycles. The first-order valence-electron chi connectivity index (χ1n) is 8.67. The molecule has 0 aliphatic carbocycles. The molecule has 1 aliphatic rings. The first-order valence-corrected chi connectivity index (χ1v) is 8.67. The van der Waals surface area contributed by atoms with Crippen molar-refractivity contribution in [1.29, 1.82) is 5.26 Å². The number of nitriles is 1. The molecule has 1 aromatic carbocycles. The zero-order valence-electron chi connectivity index (χ0n) is 15.2. The quantitative estimate of drug-likeness (QED) is 0.789. The number of piperazine rings is 1. The smallest absolute Gasteiger partial charge is 0.299 e. The van der Waals surface area contributed by atoms with Gasteiger partial charge < -0.3 is 0 Å². The van der Waals surface area contributed by atoms with E-state index < -0.39 is 0 Å². The summed E-state index contributed by atoms with van der Waals surface area (Å²) < 4.78 is 2.67. The summed E-state index contributed by atoms with van der Waals surface area (Å²) in [5.41, 5.74) is 2.08. The molecule has 1 aliphatic heterocycles. The van der Waals surface area contributed by atoms with Crippen LogP contribution in [0.5, 0.6) is 0 Å². The lowest BCUT2D eigenvalue weighted by molar-refractivity contribution is 0.120. The highest BCUT2D eigenvalue weighted by Crippen LogP contribution is 2.11. The first-order chi connectivity index (χ1) is 12.5. The van der Waals surface area contributed by atoms with Gasteiger partial charge in [-0.15, -0.1) is 0 Å². The third-order valence-electron chi connectivity index (χ3n) is 4.97. The van der Waals surface area contributed by atoms with E-state index in [1.807, 2.05) is 24.3 Å². The summed E-state index contributed by atoms with van der Waals surface area (Å²) in [6, 6.07) is 11.4. The standard InChI is InChI=1S/C19H23N5O2/c1-21-17(11-18(25)22(2)19(21)26)14-24-9-7-23(8-10-24)13-16-5-3-15(12-20)4-6-16/h3-6,11H,7-10,13-14H2,1-2H3.